The summed E-state index contributed by atoms with van der Waals surface area (Å²) in [6.45, 7) is 5.02. The minimum Gasteiger partial charge on any atom is -0.494 e. The van der Waals surface area contributed by atoms with Crippen LogP contribution in [0.5, 0.6) is 5.75 Å². The molecule has 7 heteroatoms. The lowest BCUT2D eigenvalue weighted by Gasteiger charge is -2.36. The molecule has 21 heavy (non-hydrogen) atoms. The third-order valence-corrected chi connectivity index (χ3v) is 5.48. The van der Waals surface area contributed by atoms with E-state index in [0.717, 1.165) is 11.4 Å². The summed E-state index contributed by atoms with van der Waals surface area (Å²) < 4.78 is 32.3. The molecule has 0 N–H and O–H groups in total. The molecule has 0 aromatic heterocycles. The highest BCUT2D eigenvalue weighted by Crippen LogP contribution is 2.21. The zero-order chi connectivity index (χ0) is 15.5. The number of nitrogens with zero attached hydrogens (tertiary/aromatic N) is 3. The third kappa shape index (κ3) is 3.66. The summed E-state index contributed by atoms with van der Waals surface area (Å²) in [5.74, 6) is 0.857. The maximum atomic E-state index is 12.1. The molecule has 0 saturated carbocycles. The Kier molecular flexibility index (Phi) is 5.08. The molecule has 118 valence electrons. The van der Waals surface area contributed by atoms with Crippen molar-refractivity contribution in [2.24, 2.45) is 0 Å². The van der Waals surface area contributed by atoms with E-state index in [1.165, 1.54) is 8.61 Å². The van der Waals surface area contributed by atoms with Gasteiger partial charge >= 0.3 is 0 Å². The van der Waals surface area contributed by atoms with Gasteiger partial charge in [-0.2, -0.15) is 17.0 Å². The summed E-state index contributed by atoms with van der Waals surface area (Å²) in [6, 6.07) is 7.92. The summed E-state index contributed by atoms with van der Waals surface area (Å²) in [5, 5.41) is 0. The van der Waals surface area contributed by atoms with Gasteiger partial charge in [-0.05, 0) is 31.2 Å². The average Bonchev–Trinajstić information content (AvgIpc) is 2.48. The predicted molar refractivity (Wildman–Crippen MR) is 84.0 cm³/mol. The molecule has 0 unspecified atom stereocenters. The fourth-order valence-electron chi connectivity index (χ4n) is 2.33. The van der Waals surface area contributed by atoms with E-state index in [0.29, 0.717) is 32.8 Å². The van der Waals surface area contributed by atoms with E-state index in [-0.39, 0.29) is 0 Å². The van der Waals surface area contributed by atoms with Crippen molar-refractivity contribution in [3.63, 3.8) is 0 Å². The van der Waals surface area contributed by atoms with Crippen molar-refractivity contribution < 1.29 is 13.2 Å². The molecule has 0 aliphatic carbocycles. The standard InChI is InChI=1S/C14H23N3O3S/c1-4-20-14-7-5-13(6-8-14)16-9-11-17(12-10-16)21(18,19)15(2)3/h5-8H,4,9-12H2,1-3H3. The molecule has 1 aliphatic heterocycles. The van der Waals surface area contributed by atoms with Gasteiger partial charge in [-0.1, -0.05) is 0 Å². The highest BCUT2D eigenvalue weighted by molar-refractivity contribution is 7.86. The fourth-order valence-corrected chi connectivity index (χ4v) is 3.41. The summed E-state index contributed by atoms with van der Waals surface area (Å²) in [4.78, 5) is 2.19. The van der Waals surface area contributed by atoms with Gasteiger partial charge < -0.3 is 9.64 Å². The number of piperazine rings is 1. The van der Waals surface area contributed by atoms with Crippen LogP contribution in [-0.4, -0.2) is 63.9 Å². The van der Waals surface area contributed by atoms with E-state index in [1.54, 1.807) is 14.1 Å². The molecule has 0 spiro atoms. The van der Waals surface area contributed by atoms with Crippen LogP contribution in [0.4, 0.5) is 5.69 Å². The highest BCUT2D eigenvalue weighted by atomic mass is 32.2. The Bertz CT molecular complexity index is 549. The first-order valence-electron chi connectivity index (χ1n) is 7.10. The van der Waals surface area contributed by atoms with Gasteiger partial charge in [-0.25, -0.2) is 0 Å². The number of benzene rings is 1. The van der Waals surface area contributed by atoms with Crippen LogP contribution in [0.2, 0.25) is 0 Å². The Hall–Kier alpha value is -1.31. The minimum atomic E-state index is -3.30. The smallest absolute Gasteiger partial charge is 0.281 e. The van der Waals surface area contributed by atoms with Crippen molar-refractivity contribution in [3.05, 3.63) is 24.3 Å². The van der Waals surface area contributed by atoms with Crippen LogP contribution < -0.4 is 9.64 Å². The van der Waals surface area contributed by atoms with Crippen LogP contribution in [0, 0.1) is 0 Å². The first-order valence-corrected chi connectivity index (χ1v) is 8.50. The SMILES string of the molecule is CCOc1ccc(N2CCN(S(=O)(=O)N(C)C)CC2)cc1. The molecule has 1 saturated heterocycles. The molecule has 1 fully saturated rings. The van der Waals surface area contributed by atoms with E-state index in [1.807, 2.05) is 31.2 Å². The van der Waals surface area contributed by atoms with Crippen LogP contribution in [0.25, 0.3) is 0 Å². The Morgan fingerprint density at radius 1 is 1.10 bits per heavy atom. The lowest BCUT2D eigenvalue weighted by atomic mass is 10.2. The van der Waals surface area contributed by atoms with Crippen LogP contribution in [-0.2, 0) is 10.2 Å². The molecule has 0 bridgehead atoms. The highest BCUT2D eigenvalue weighted by Gasteiger charge is 2.28. The second-order valence-electron chi connectivity index (χ2n) is 5.10. The number of ether oxygens (including phenoxy) is 1. The van der Waals surface area contributed by atoms with Crippen LogP contribution in [0.1, 0.15) is 6.92 Å². The van der Waals surface area contributed by atoms with Crippen LogP contribution in [0.3, 0.4) is 0 Å². The van der Waals surface area contributed by atoms with Crippen molar-refractivity contribution in [2.75, 3.05) is 51.8 Å². The molecule has 1 aromatic rings. The largest absolute Gasteiger partial charge is 0.494 e. The summed E-state index contributed by atoms with van der Waals surface area (Å²) in [5.41, 5.74) is 1.10. The zero-order valence-electron chi connectivity index (χ0n) is 12.8. The number of hydrogen-bond acceptors (Lipinski definition) is 4. The van der Waals surface area contributed by atoms with Crippen molar-refractivity contribution >= 4 is 15.9 Å². The van der Waals surface area contributed by atoms with E-state index in [9.17, 15) is 8.42 Å². The fraction of sp³-hybridized carbons (Fsp3) is 0.571. The van der Waals surface area contributed by atoms with Crippen molar-refractivity contribution in [3.8, 4) is 5.75 Å². The van der Waals surface area contributed by atoms with Crippen LogP contribution in [0.15, 0.2) is 24.3 Å². The first kappa shape index (κ1) is 16.1. The third-order valence-electron chi connectivity index (χ3n) is 3.54. The molecule has 6 nitrogen and oxygen atoms in total. The molecule has 2 rings (SSSR count). The van der Waals surface area contributed by atoms with E-state index < -0.39 is 10.2 Å². The summed E-state index contributed by atoms with van der Waals surface area (Å²) in [7, 11) is -0.172. The van der Waals surface area contributed by atoms with Gasteiger partial charge in [0, 0.05) is 46.0 Å². The van der Waals surface area contributed by atoms with E-state index in [4.69, 9.17) is 4.74 Å². The van der Waals surface area contributed by atoms with Crippen molar-refractivity contribution in [1.82, 2.24) is 8.61 Å². The quantitative estimate of drug-likeness (QED) is 0.814. The van der Waals surface area contributed by atoms with Crippen LogP contribution >= 0.6 is 0 Å². The normalized spacial score (nSPS) is 17.2. The van der Waals surface area contributed by atoms with Gasteiger partial charge in [0.25, 0.3) is 10.2 Å². The van der Waals surface area contributed by atoms with Crippen molar-refractivity contribution in [2.45, 2.75) is 6.92 Å². The molecule has 1 aromatic carbocycles. The van der Waals surface area contributed by atoms with Gasteiger partial charge in [-0.3, -0.25) is 0 Å². The molecular formula is C14H23N3O3S. The maximum Gasteiger partial charge on any atom is 0.281 e. The molecule has 0 amide bonds. The average molecular weight is 313 g/mol. The van der Waals surface area contributed by atoms with Gasteiger partial charge in [0.05, 0.1) is 6.61 Å². The van der Waals surface area contributed by atoms with Gasteiger partial charge in [0.15, 0.2) is 0 Å². The Labute approximate surface area is 127 Å². The van der Waals surface area contributed by atoms with E-state index in [2.05, 4.69) is 4.90 Å². The summed E-state index contributed by atoms with van der Waals surface area (Å²) >= 11 is 0. The molecule has 1 heterocycles. The number of hydrogen-bond donors (Lipinski definition) is 0. The topological polar surface area (TPSA) is 53.1 Å². The van der Waals surface area contributed by atoms with Gasteiger partial charge in [-0.15, -0.1) is 0 Å². The minimum absolute atomic E-state index is 0.508. The molecular weight excluding hydrogens is 290 g/mol. The summed E-state index contributed by atoms with van der Waals surface area (Å²) in [6.07, 6.45) is 0. The monoisotopic (exact) mass is 313 g/mol. The Morgan fingerprint density at radius 3 is 2.14 bits per heavy atom. The Morgan fingerprint density at radius 2 is 1.67 bits per heavy atom. The van der Waals surface area contributed by atoms with Gasteiger partial charge in [0.2, 0.25) is 0 Å². The van der Waals surface area contributed by atoms with Gasteiger partial charge in [0.1, 0.15) is 5.75 Å². The second kappa shape index (κ2) is 6.64. The lowest BCUT2D eigenvalue weighted by Crippen LogP contribution is -2.51. The van der Waals surface area contributed by atoms with E-state index >= 15 is 0 Å². The number of rotatable bonds is 5. The predicted octanol–water partition coefficient (Wildman–Crippen LogP) is 1.01. The lowest BCUT2D eigenvalue weighted by molar-refractivity contribution is 0.340. The Balaban J connectivity index is 1.98. The zero-order valence-corrected chi connectivity index (χ0v) is 13.6. The molecule has 0 atom stereocenters. The maximum absolute atomic E-state index is 12.1. The first-order chi connectivity index (χ1) is 9.95. The molecule has 1 aliphatic rings. The second-order valence-corrected chi connectivity index (χ2v) is 7.25. The number of anilines is 1. The van der Waals surface area contributed by atoms with Crippen molar-refractivity contribution in [1.29, 1.82) is 0 Å². The molecule has 0 radical (unpaired) electrons.